The predicted octanol–water partition coefficient (Wildman–Crippen LogP) is 3.19. The summed E-state index contributed by atoms with van der Waals surface area (Å²) in [5.41, 5.74) is 3.03. The number of hydrogen-bond acceptors (Lipinski definition) is 4. The maximum absolute atomic E-state index is 12.2. The molecule has 2 N–H and O–H groups in total. The van der Waals surface area contributed by atoms with Gasteiger partial charge in [0.1, 0.15) is 0 Å². The SMILES string of the molecule is O=C(NCCc1c[nH]c2ccccc12)c1nnc(-c2ccccc2)o1. The topological polar surface area (TPSA) is 83.8 Å². The Balaban J connectivity index is 1.39. The third kappa shape index (κ3) is 3.14. The average molecular weight is 332 g/mol. The summed E-state index contributed by atoms with van der Waals surface area (Å²) in [6, 6.07) is 17.4. The smallest absolute Gasteiger partial charge is 0.308 e. The van der Waals surface area contributed by atoms with E-state index >= 15 is 0 Å². The van der Waals surface area contributed by atoms with Crippen LogP contribution in [0.15, 0.2) is 65.2 Å². The van der Waals surface area contributed by atoms with Crippen LogP contribution in [-0.2, 0) is 6.42 Å². The number of rotatable bonds is 5. The summed E-state index contributed by atoms with van der Waals surface area (Å²) in [6.45, 7) is 0.490. The molecular weight excluding hydrogens is 316 g/mol. The Labute approximate surface area is 143 Å². The largest absolute Gasteiger partial charge is 0.412 e. The molecule has 0 saturated carbocycles. The number of carbonyl (C=O) groups excluding carboxylic acids is 1. The fourth-order valence-electron chi connectivity index (χ4n) is 2.74. The third-order valence-electron chi connectivity index (χ3n) is 3.99. The molecule has 2 aromatic heterocycles. The van der Waals surface area contributed by atoms with Crippen LogP contribution in [0.3, 0.4) is 0 Å². The van der Waals surface area contributed by atoms with Crippen LogP contribution in [0.1, 0.15) is 16.2 Å². The lowest BCUT2D eigenvalue weighted by molar-refractivity contribution is 0.0920. The highest BCUT2D eigenvalue weighted by Crippen LogP contribution is 2.18. The fourth-order valence-corrected chi connectivity index (χ4v) is 2.74. The van der Waals surface area contributed by atoms with Crippen molar-refractivity contribution in [3.05, 3.63) is 72.2 Å². The van der Waals surface area contributed by atoms with Gasteiger partial charge in [-0.1, -0.05) is 36.4 Å². The van der Waals surface area contributed by atoms with E-state index in [1.54, 1.807) is 0 Å². The van der Waals surface area contributed by atoms with Gasteiger partial charge in [-0.15, -0.1) is 10.2 Å². The fraction of sp³-hybridized carbons (Fsp3) is 0.105. The number of benzene rings is 2. The number of H-pyrrole nitrogens is 1. The summed E-state index contributed by atoms with van der Waals surface area (Å²) in [6.07, 6.45) is 2.69. The Morgan fingerprint density at radius 1 is 1.04 bits per heavy atom. The molecule has 0 bridgehead atoms. The lowest BCUT2D eigenvalue weighted by atomic mass is 10.1. The molecule has 0 aliphatic heterocycles. The molecular formula is C19H16N4O2. The number of carbonyl (C=O) groups is 1. The number of hydrogen-bond donors (Lipinski definition) is 2. The van der Waals surface area contributed by atoms with E-state index in [4.69, 9.17) is 4.42 Å². The Hall–Kier alpha value is -3.41. The molecule has 2 aromatic carbocycles. The molecule has 4 aromatic rings. The molecule has 0 fully saturated rings. The average Bonchev–Trinajstić information content (AvgIpc) is 3.30. The number of para-hydroxylation sites is 1. The van der Waals surface area contributed by atoms with Crippen LogP contribution in [0, 0.1) is 0 Å². The maximum Gasteiger partial charge on any atom is 0.308 e. The van der Waals surface area contributed by atoms with Gasteiger partial charge >= 0.3 is 11.8 Å². The molecule has 0 spiro atoms. The number of nitrogens with zero attached hydrogens (tertiary/aromatic N) is 2. The number of fused-ring (bicyclic) bond motifs is 1. The third-order valence-corrected chi connectivity index (χ3v) is 3.99. The van der Waals surface area contributed by atoms with Crippen molar-refractivity contribution in [1.29, 1.82) is 0 Å². The Kier molecular flexibility index (Phi) is 4.00. The van der Waals surface area contributed by atoms with Gasteiger partial charge < -0.3 is 14.7 Å². The first-order valence-corrected chi connectivity index (χ1v) is 8.03. The Morgan fingerprint density at radius 2 is 1.84 bits per heavy atom. The van der Waals surface area contributed by atoms with Crippen molar-refractivity contribution in [2.75, 3.05) is 6.54 Å². The second-order valence-electron chi connectivity index (χ2n) is 5.64. The highest BCUT2D eigenvalue weighted by Gasteiger charge is 2.15. The number of amides is 1. The second-order valence-corrected chi connectivity index (χ2v) is 5.64. The van der Waals surface area contributed by atoms with Crippen LogP contribution in [0.2, 0.25) is 0 Å². The summed E-state index contributed by atoms with van der Waals surface area (Å²) in [7, 11) is 0. The molecule has 0 atom stereocenters. The summed E-state index contributed by atoms with van der Waals surface area (Å²) in [4.78, 5) is 15.4. The molecule has 25 heavy (non-hydrogen) atoms. The summed E-state index contributed by atoms with van der Waals surface area (Å²) in [5.74, 6) is -0.0605. The zero-order chi connectivity index (χ0) is 17.1. The molecule has 0 unspecified atom stereocenters. The second kappa shape index (κ2) is 6.60. The van der Waals surface area contributed by atoms with Crippen molar-refractivity contribution >= 4 is 16.8 Å². The van der Waals surface area contributed by atoms with E-state index in [0.29, 0.717) is 12.4 Å². The van der Waals surface area contributed by atoms with Crippen molar-refractivity contribution in [1.82, 2.24) is 20.5 Å². The zero-order valence-electron chi connectivity index (χ0n) is 13.4. The van der Waals surface area contributed by atoms with Crippen molar-refractivity contribution in [3.8, 4) is 11.5 Å². The van der Waals surface area contributed by atoms with Gasteiger partial charge in [0.25, 0.3) is 0 Å². The molecule has 0 aliphatic rings. The van der Waals surface area contributed by atoms with E-state index in [9.17, 15) is 4.79 Å². The lowest BCUT2D eigenvalue weighted by Crippen LogP contribution is -2.25. The van der Waals surface area contributed by atoms with E-state index < -0.39 is 0 Å². The molecule has 4 rings (SSSR count). The minimum atomic E-state index is -0.366. The van der Waals surface area contributed by atoms with Crippen LogP contribution < -0.4 is 5.32 Å². The van der Waals surface area contributed by atoms with E-state index in [1.165, 1.54) is 5.39 Å². The predicted molar refractivity (Wildman–Crippen MR) is 94.1 cm³/mol. The van der Waals surface area contributed by atoms with Crippen LogP contribution in [0.4, 0.5) is 0 Å². The Bertz CT molecular complexity index is 1000. The standard InChI is InChI=1S/C19H16N4O2/c24-17(19-23-22-18(25-19)13-6-2-1-3-7-13)20-11-10-14-12-21-16-9-5-4-8-15(14)16/h1-9,12,21H,10-11H2,(H,20,24). The minimum Gasteiger partial charge on any atom is -0.412 e. The van der Waals surface area contributed by atoms with Crippen LogP contribution in [-0.4, -0.2) is 27.6 Å². The Morgan fingerprint density at radius 3 is 2.72 bits per heavy atom. The van der Waals surface area contributed by atoms with Crippen molar-refractivity contribution in [3.63, 3.8) is 0 Å². The lowest BCUT2D eigenvalue weighted by Gasteiger charge is -2.01. The molecule has 6 nitrogen and oxygen atoms in total. The number of nitrogens with one attached hydrogen (secondary N) is 2. The van der Waals surface area contributed by atoms with E-state index in [-0.39, 0.29) is 11.8 Å². The summed E-state index contributed by atoms with van der Waals surface area (Å²) in [5, 5.41) is 11.7. The van der Waals surface area contributed by atoms with Gasteiger partial charge in [-0.05, 0) is 30.2 Å². The van der Waals surface area contributed by atoms with E-state index in [2.05, 4.69) is 26.6 Å². The number of aromatic amines is 1. The first-order chi connectivity index (χ1) is 12.3. The first-order valence-electron chi connectivity index (χ1n) is 8.03. The summed E-state index contributed by atoms with van der Waals surface area (Å²) < 4.78 is 5.45. The monoisotopic (exact) mass is 332 g/mol. The van der Waals surface area contributed by atoms with Gasteiger partial charge in [-0.2, -0.15) is 0 Å². The van der Waals surface area contributed by atoms with Crippen LogP contribution in [0.5, 0.6) is 0 Å². The highest BCUT2D eigenvalue weighted by molar-refractivity contribution is 5.89. The van der Waals surface area contributed by atoms with Crippen LogP contribution in [0.25, 0.3) is 22.4 Å². The molecule has 124 valence electrons. The van der Waals surface area contributed by atoms with Crippen molar-refractivity contribution in [2.45, 2.75) is 6.42 Å². The van der Waals surface area contributed by atoms with Gasteiger partial charge in [0.2, 0.25) is 5.89 Å². The molecule has 1 amide bonds. The molecule has 0 aliphatic carbocycles. The van der Waals surface area contributed by atoms with Gasteiger partial charge in [0.05, 0.1) is 0 Å². The molecule has 0 radical (unpaired) electrons. The quantitative estimate of drug-likeness (QED) is 0.588. The maximum atomic E-state index is 12.2. The normalized spacial score (nSPS) is 10.9. The van der Waals surface area contributed by atoms with Crippen molar-refractivity contribution in [2.24, 2.45) is 0 Å². The van der Waals surface area contributed by atoms with Gasteiger partial charge in [-0.3, -0.25) is 4.79 Å². The molecule has 6 heteroatoms. The van der Waals surface area contributed by atoms with Crippen molar-refractivity contribution < 1.29 is 9.21 Å². The van der Waals surface area contributed by atoms with Gasteiger partial charge in [-0.25, -0.2) is 0 Å². The van der Waals surface area contributed by atoms with Gasteiger partial charge in [0, 0.05) is 29.2 Å². The highest BCUT2D eigenvalue weighted by atomic mass is 16.4. The zero-order valence-corrected chi connectivity index (χ0v) is 13.4. The van der Waals surface area contributed by atoms with Crippen LogP contribution >= 0.6 is 0 Å². The number of aromatic nitrogens is 3. The van der Waals surface area contributed by atoms with Gasteiger partial charge in [0.15, 0.2) is 0 Å². The minimum absolute atomic E-state index is 0.0298. The molecule has 2 heterocycles. The van der Waals surface area contributed by atoms with E-state index in [1.807, 2.05) is 54.7 Å². The summed E-state index contributed by atoms with van der Waals surface area (Å²) >= 11 is 0. The first kappa shape index (κ1) is 15.1. The van der Waals surface area contributed by atoms with E-state index in [0.717, 1.165) is 23.1 Å². The molecule has 0 saturated heterocycles.